The van der Waals surface area contributed by atoms with Crippen LogP contribution in [0.1, 0.15) is 10.5 Å². The van der Waals surface area contributed by atoms with Crippen LogP contribution in [0.4, 0.5) is 5.69 Å². The van der Waals surface area contributed by atoms with Crippen LogP contribution in [0, 0.1) is 10.1 Å². The molecular formula is C13H12Cl6N4O3. The highest BCUT2D eigenvalue weighted by molar-refractivity contribution is 6.44. The number of aromatic nitrogens is 2. The number of alkyl halides is 2. The van der Waals surface area contributed by atoms with Crippen molar-refractivity contribution in [2.75, 3.05) is 20.2 Å². The third-order valence-electron chi connectivity index (χ3n) is 3.04. The molecule has 1 N–H and O–H groups in total. The van der Waals surface area contributed by atoms with Crippen molar-refractivity contribution in [3.63, 3.8) is 0 Å². The van der Waals surface area contributed by atoms with Gasteiger partial charge in [-0.1, -0.05) is 58.0 Å². The van der Waals surface area contributed by atoms with Crippen LogP contribution in [0.25, 0.3) is 5.69 Å². The molecule has 7 nitrogen and oxygen atoms in total. The van der Waals surface area contributed by atoms with Gasteiger partial charge in [-0.25, -0.2) is 4.68 Å². The summed E-state index contributed by atoms with van der Waals surface area (Å²) in [5, 5.41) is 19.0. The van der Waals surface area contributed by atoms with Gasteiger partial charge in [0.1, 0.15) is 12.3 Å². The van der Waals surface area contributed by atoms with Crippen LogP contribution in [-0.2, 0) is 0 Å². The molecule has 2 aromatic rings. The summed E-state index contributed by atoms with van der Waals surface area (Å²) in [5.74, 6) is -0.247. The average molecular weight is 485 g/mol. The van der Waals surface area contributed by atoms with Crippen molar-refractivity contribution in [1.29, 1.82) is 0 Å². The van der Waals surface area contributed by atoms with E-state index in [1.54, 1.807) is 7.05 Å². The summed E-state index contributed by atoms with van der Waals surface area (Å²) in [6.07, 6.45) is 0. The lowest BCUT2D eigenvalue weighted by atomic mass is 10.3. The molecule has 0 bridgehead atoms. The summed E-state index contributed by atoms with van der Waals surface area (Å²) in [4.78, 5) is 9.54. The van der Waals surface area contributed by atoms with E-state index in [1.165, 1.54) is 12.1 Å². The van der Waals surface area contributed by atoms with E-state index in [0.717, 1.165) is 4.68 Å². The Morgan fingerprint density at radius 3 is 2.35 bits per heavy atom. The topological polar surface area (TPSA) is 82.2 Å². The van der Waals surface area contributed by atoms with Crippen molar-refractivity contribution in [3.8, 4) is 11.6 Å². The largest absolute Gasteiger partial charge is 0.470 e. The molecule has 0 aliphatic rings. The number of nitro groups is 1. The molecule has 1 aromatic heterocycles. The van der Waals surface area contributed by atoms with Gasteiger partial charge in [-0.3, -0.25) is 10.1 Å². The van der Waals surface area contributed by atoms with Crippen molar-refractivity contribution in [3.05, 3.63) is 43.0 Å². The van der Waals surface area contributed by atoms with Crippen LogP contribution in [-0.4, -0.2) is 34.9 Å². The zero-order valence-electron chi connectivity index (χ0n) is 13.0. The zero-order valence-corrected chi connectivity index (χ0v) is 17.6. The molecular weight excluding hydrogens is 473 g/mol. The molecule has 1 heterocycles. The Bertz CT molecular complexity index is 775. The summed E-state index contributed by atoms with van der Waals surface area (Å²) < 4.78 is 6.47. The summed E-state index contributed by atoms with van der Waals surface area (Å²) in [7, 11) is 1.71. The molecule has 0 aliphatic heterocycles. The number of halogens is 6. The number of benzene rings is 1. The fourth-order valence-corrected chi connectivity index (χ4v) is 3.39. The van der Waals surface area contributed by atoms with Crippen LogP contribution in [0.5, 0.6) is 5.88 Å². The number of nitrogens with zero attached hydrogens (tertiary/aromatic N) is 3. The maximum atomic E-state index is 11.5. The third kappa shape index (κ3) is 4.98. The van der Waals surface area contributed by atoms with E-state index in [9.17, 15) is 10.1 Å². The zero-order chi connectivity index (χ0) is 18.7. The molecule has 0 aliphatic carbocycles. The quantitative estimate of drug-likeness (QED) is 0.251. The molecule has 1 aromatic carbocycles. The Morgan fingerprint density at radius 2 is 1.88 bits per heavy atom. The molecule has 0 amide bonds. The van der Waals surface area contributed by atoms with Crippen molar-refractivity contribution >= 4 is 76.1 Å². The van der Waals surface area contributed by atoms with Gasteiger partial charge in [0, 0.05) is 11.6 Å². The molecule has 0 saturated carbocycles. The van der Waals surface area contributed by atoms with E-state index >= 15 is 0 Å². The van der Waals surface area contributed by atoms with Crippen LogP contribution in [0.2, 0.25) is 15.1 Å². The second-order valence-electron chi connectivity index (χ2n) is 4.68. The first-order valence-corrected chi connectivity index (χ1v) is 8.76. The Morgan fingerprint density at radius 1 is 1.31 bits per heavy atom. The minimum Gasteiger partial charge on any atom is -0.470 e. The average Bonchev–Trinajstić information content (AvgIpc) is 2.86. The second-order valence-corrected chi connectivity index (χ2v) is 7.03. The van der Waals surface area contributed by atoms with Gasteiger partial charge < -0.3 is 10.1 Å². The number of ether oxygens (including phenoxy) is 1. The number of hydrogen-bond acceptors (Lipinski definition) is 5. The van der Waals surface area contributed by atoms with E-state index in [0.29, 0.717) is 11.6 Å². The van der Waals surface area contributed by atoms with Gasteiger partial charge in [-0.15, -0.1) is 17.5 Å². The second kappa shape index (κ2) is 10.0. The van der Waals surface area contributed by atoms with E-state index in [1.807, 2.05) is 0 Å². The molecule has 0 radical (unpaired) electrons. The Labute approximate surface area is 180 Å². The lowest BCUT2D eigenvalue weighted by Gasteiger charge is -2.11. The maximum Gasteiger partial charge on any atom is 0.356 e. The van der Waals surface area contributed by atoms with Crippen molar-refractivity contribution in [1.82, 2.24) is 15.1 Å². The number of hydrogen-bond donors (Lipinski definition) is 1. The summed E-state index contributed by atoms with van der Waals surface area (Å²) >= 11 is 30.1. The molecule has 0 spiro atoms. The molecule has 0 fully saturated rings. The number of likely N-dealkylation sites (N-methyl/N-ethyl adjacent to an activating group) is 1. The van der Waals surface area contributed by atoms with Gasteiger partial charge >= 0.3 is 11.6 Å². The van der Waals surface area contributed by atoms with E-state index in [2.05, 4.69) is 10.4 Å². The molecule has 13 heteroatoms. The molecule has 26 heavy (non-hydrogen) atoms. The van der Waals surface area contributed by atoms with Crippen molar-refractivity contribution < 1.29 is 9.66 Å². The Hall–Kier alpha value is -0.670. The monoisotopic (exact) mass is 482 g/mol. The molecule has 0 atom stereocenters. The first kappa shape index (κ1) is 23.4. The Kier molecular flexibility index (Phi) is 9.02. The lowest BCUT2D eigenvalue weighted by Crippen LogP contribution is -2.16. The fraction of sp³-hybridized carbons (Fsp3) is 0.308. The van der Waals surface area contributed by atoms with Gasteiger partial charge in [0.05, 0.1) is 15.0 Å². The third-order valence-corrected chi connectivity index (χ3v) is 4.25. The smallest absolute Gasteiger partial charge is 0.356 e. The summed E-state index contributed by atoms with van der Waals surface area (Å²) in [6.45, 7) is 0.595. The van der Waals surface area contributed by atoms with E-state index in [-0.39, 0.29) is 46.3 Å². The minimum atomic E-state index is -1.28. The number of rotatable bonds is 7. The van der Waals surface area contributed by atoms with Crippen molar-refractivity contribution in [2.45, 2.75) is 4.84 Å². The predicted molar refractivity (Wildman–Crippen MR) is 106 cm³/mol. The highest BCUT2D eigenvalue weighted by Gasteiger charge is 2.35. The van der Waals surface area contributed by atoms with Gasteiger partial charge in [0.15, 0.2) is 10.5 Å². The highest BCUT2D eigenvalue weighted by Crippen LogP contribution is 2.43. The number of nitrogens with one attached hydrogen (secondary N) is 1. The lowest BCUT2D eigenvalue weighted by molar-refractivity contribution is -0.386. The minimum absolute atomic E-state index is 0. The predicted octanol–water partition coefficient (Wildman–Crippen LogP) is 5.24. The van der Waals surface area contributed by atoms with Crippen molar-refractivity contribution in [2.24, 2.45) is 0 Å². The van der Waals surface area contributed by atoms with E-state index in [4.69, 9.17) is 62.7 Å². The summed E-state index contributed by atoms with van der Waals surface area (Å²) in [5.41, 5.74) is -0.437. The standard InChI is InChI=1S/C13H11Cl5N4O3.ClH/c1-19-2-3-25-13-11(22(23)24)10(12(17)18)21(20-13)9-7(15)4-6(14)5-8(9)16;/h4-5,12,19H,2-3H2,1H3;1H. The first-order valence-electron chi connectivity index (χ1n) is 6.75. The van der Waals surface area contributed by atoms with Crippen LogP contribution in [0.15, 0.2) is 12.1 Å². The molecule has 0 unspecified atom stereocenters. The molecule has 0 saturated heterocycles. The van der Waals surface area contributed by atoms with Gasteiger partial charge in [-0.2, -0.15) is 0 Å². The van der Waals surface area contributed by atoms with Gasteiger partial charge in [-0.05, 0) is 19.2 Å². The fourth-order valence-electron chi connectivity index (χ4n) is 2.02. The van der Waals surface area contributed by atoms with Crippen LogP contribution >= 0.6 is 70.4 Å². The summed E-state index contributed by atoms with van der Waals surface area (Å²) in [6, 6.07) is 2.83. The molecule has 2 rings (SSSR count). The Balaban J connectivity index is 0.00000338. The SMILES string of the molecule is CNCCOc1nn(-c2c(Cl)cc(Cl)cc2Cl)c(C(Cl)Cl)c1[N+](=O)[O-].Cl. The molecule has 144 valence electrons. The van der Waals surface area contributed by atoms with Crippen LogP contribution < -0.4 is 10.1 Å². The van der Waals surface area contributed by atoms with Gasteiger partial charge in [0.2, 0.25) is 0 Å². The normalized spacial score (nSPS) is 10.7. The highest BCUT2D eigenvalue weighted by atomic mass is 35.5. The van der Waals surface area contributed by atoms with Crippen LogP contribution in [0.3, 0.4) is 0 Å². The maximum absolute atomic E-state index is 11.5. The van der Waals surface area contributed by atoms with E-state index < -0.39 is 15.4 Å². The first-order chi connectivity index (χ1) is 11.8. The van der Waals surface area contributed by atoms with Gasteiger partial charge in [0.25, 0.3) is 0 Å².